The van der Waals surface area contributed by atoms with Gasteiger partial charge in [0, 0.05) is 6.04 Å². The molecule has 0 aliphatic rings. The molecule has 0 aromatic heterocycles. The lowest BCUT2D eigenvalue weighted by Gasteiger charge is -2.10. The van der Waals surface area contributed by atoms with E-state index in [1.807, 2.05) is 13.0 Å². The van der Waals surface area contributed by atoms with E-state index < -0.39 is 0 Å². The Morgan fingerprint density at radius 3 is 2.71 bits per heavy atom. The van der Waals surface area contributed by atoms with Crippen LogP contribution in [0.3, 0.4) is 0 Å². The maximum atomic E-state index is 9.55. The van der Waals surface area contributed by atoms with Gasteiger partial charge in [-0.2, -0.15) is 0 Å². The average molecular weight is 260 g/mol. The Balaban J connectivity index is 3.03. The van der Waals surface area contributed by atoms with Crippen LogP contribution in [-0.4, -0.2) is 18.3 Å². The standard InChI is InChI=1S/C10H14BrNO2/c1-6(12)3-7-4-8(11)10(13)9(5-7)14-2/h4-6,13H,3,12H2,1-2H3. The molecule has 0 saturated heterocycles. The molecule has 1 unspecified atom stereocenters. The van der Waals surface area contributed by atoms with E-state index >= 15 is 0 Å². The molecule has 4 heteroatoms. The number of benzene rings is 1. The largest absolute Gasteiger partial charge is 0.503 e. The zero-order valence-corrected chi connectivity index (χ0v) is 9.84. The predicted octanol–water partition coefficient (Wildman–Crippen LogP) is 2.05. The number of hydrogen-bond acceptors (Lipinski definition) is 3. The molecule has 14 heavy (non-hydrogen) atoms. The summed E-state index contributed by atoms with van der Waals surface area (Å²) in [6, 6.07) is 3.74. The Labute approximate surface area is 92.0 Å². The number of phenols is 1. The first-order chi connectivity index (χ1) is 6.54. The summed E-state index contributed by atoms with van der Waals surface area (Å²) >= 11 is 3.26. The summed E-state index contributed by atoms with van der Waals surface area (Å²) in [7, 11) is 1.52. The molecule has 0 saturated carbocycles. The van der Waals surface area contributed by atoms with E-state index in [0.29, 0.717) is 10.2 Å². The van der Waals surface area contributed by atoms with E-state index in [1.54, 1.807) is 6.07 Å². The van der Waals surface area contributed by atoms with Crippen molar-refractivity contribution in [1.29, 1.82) is 0 Å². The van der Waals surface area contributed by atoms with Crippen molar-refractivity contribution in [3.8, 4) is 11.5 Å². The molecule has 0 aliphatic heterocycles. The molecule has 1 rings (SSSR count). The van der Waals surface area contributed by atoms with Crippen LogP contribution in [0.15, 0.2) is 16.6 Å². The molecule has 0 spiro atoms. The molecule has 1 aromatic carbocycles. The number of halogens is 1. The first-order valence-corrected chi connectivity index (χ1v) is 5.15. The second-order valence-electron chi connectivity index (χ2n) is 3.31. The maximum absolute atomic E-state index is 9.55. The predicted molar refractivity (Wildman–Crippen MR) is 59.7 cm³/mol. The lowest BCUT2D eigenvalue weighted by molar-refractivity contribution is 0.371. The quantitative estimate of drug-likeness (QED) is 0.874. The van der Waals surface area contributed by atoms with E-state index in [0.717, 1.165) is 12.0 Å². The number of ether oxygens (including phenoxy) is 1. The Hall–Kier alpha value is -0.740. The van der Waals surface area contributed by atoms with Crippen molar-refractivity contribution in [2.24, 2.45) is 5.73 Å². The van der Waals surface area contributed by atoms with Crippen LogP contribution in [-0.2, 0) is 6.42 Å². The molecule has 0 fully saturated rings. The van der Waals surface area contributed by atoms with Crippen LogP contribution >= 0.6 is 15.9 Å². The van der Waals surface area contributed by atoms with Crippen LogP contribution < -0.4 is 10.5 Å². The number of methoxy groups -OCH3 is 1. The van der Waals surface area contributed by atoms with Crippen LogP contribution in [0.1, 0.15) is 12.5 Å². The third-order valence-corrected chi connectivity index (χ3v) is 2.47. The van der Waals surface area contributed by atoms with Crippen LogP contribution in [0.4, 0.5) is 0 Å². The molecular weight excluding hydrogens is 246 g/mol. The van der Waals surface area contributed by atoms with E-state index in [2.05, 4.69) is 15.9 Å². The molecular formula is C10H14BrNO2. The molecule has 0 amide bonds. The molecule has 1 atom stereocenters. The van der Waals surface area contributed by atoms with Gasteiger partial charge in [-0.25, -0.2) is 0 Å². The zero-order valence-electron chi connectivity index (χ0n) is 8.25. The minimum absolute atomic E-state index is 0.0937. The number of aromatic hydroxyl groups is 1. The number of phenolic OH excluding ortho intramolecular Hbond substituents is 1. The van der Waals surface area contributed by atoms with Crippen LogP contribution in [0.5, 0.6) is 11.5 Å². The van der Waals surface area contributed by atoms with Gasteiger partial charge in [0.1, 0.15) is 0 Å². The summed E-state index contributed by atoms with van der Waals surface area (Å²) < 4.78 is 5.66. The van der Waals surface area contributed by atoms with Crippen LogP contribution in [0.25, 0.3) is 0 Å². The maximum Gasteiger partial charge on any atom is 0.172 e. The van der Waals surface area contributed by atoms with Gasteiger partial charge in [-0.3, -0.25) is 0 Å². The minimum atomic E-state index is 0.0937. The lowest BCUT2D eigenvalue weighted by Crippen LogP contribution is -2.17. The van der Waals surface area contributed by atoms with Crippen molar-refractivity contribution in [2.75, 3.05) is 7.11 Å². The highest BCUT2D eigenvalue weighted by Crippen LogP contribution is 2.35. The summed E-state index contributed by atoms with van der Waals surface area (Å²) in [5.74, 6) is 0.593. The molecule has 1 aromatic rings. The fraction of sp³-hybridized carbons (Fsp3) is 0.400. The Morgan fingerprint density at radius 2 is 2.21 bits per heavy atom. The third kappa shape index (κ3) is 2.62. The van der Waals surface area contributed by atoms with Gasteiger partial charge in [-0.15, -0.1) is 0 Å². The highest BCUT2D eigenvalue weighted by molar-refractivity contribution is 9.10. The van der Waals surface area contributed by atoms with Gasteiger partial charge in [-0.1, -0.05) is 0 Å². The first-order valence-electron chi connectivity index (χ1n) is 4.35. The van der Waals surface area contributed by atoms with Gasteiger partial charge in [0.2, 0.25) is 0 Å². The summed E-state index contributed by atoms with van der Waals surface area (Å²) in [4.78, 5) is 0. The Bertz CT molecular complexity index is 326. The van der Waals surface area contributed by atoms with E-state index in [1.165, 1.54) is 7.11 Å². The van der Waals surface area contributed by atoms with Gasteiger partial charge < -0.3 is 15.6 Å². The normalized spacial score (nSPS) is 12.6. The lowest BCUT2D eigenvalue weighted by atomic mass is 10.1. The summed E-state index contributed by atoms with van der Waals surface area (Å²) in [6.07, 6.45) is 0.759. The van der Waals surface area contributed by atoms with Crippen molar-refractivity contribution >= 4 is 15.9 Å². The third-order valence-electron chi connectivity index (χ3n) is 1.87. The SMILES string of the molecule is COc1cc(CC(C)N)cc(Br)c1O. The van der Waals surface area contributed by atoms with Crippen molar-refractivity contribution in [3.63, 3.8) is 0 Å². The summed E-state index contributed by atoms with van der Waals surface area (Å²) in [5, 5.41) is 9.55. The number of nitrogens with two attached hydrogens (primary N) is 1. The molecule has 0 aliphatic carbocycles. The number of hydrogen-bond donors (Lipinski definition) is 2. The smallest absolute Gasteiger partial charge is 0.172 e. The molecule has 0 bridgehead atoms. The van der Waals surface area contributed by atoms with E-state index in [-0.39, 0.29) is 11.8 Å². The average Bonchev–Trinajstić information content (AvgIpc) is 2.10. The highest BCUT2D eigenvalue weighted by atomic mass is 79.9. The van der Waals surface area contributed by atoms with Gasteiger partial charge in [0.25, 0.3) is 0 Å². The van der Waals surface area contributed by atoms with Gasteiger partial charge in [0.15, 0.2) is 11.5 Å². The van der Waals surface area contributed by atoms with Crippen molar-refractivity contribution < 1.29 is 9.84 Å². The van der Waals surface area contributed by atoms with Crippen LogP contribution in [0, 0.1) is 0 Å². The second kappa shape index (κ2) is 4.66. The molecule has 3 nitrogen and oxygen atoms in total. The monoisotopic (exact) mass is 259 g/mol. The highest BCUT2D eigenvalue weighted by Gasteiger charge is 2.09. The topological polar surface area (TPSA) is 55.5 Å². The second-order valence-corrected chi connectivity index (χ2v) is 4.16. The minimum Gasteiger partial charge on any atom is -0.503 e. The Morgan fingerprint density at radius 1 is 1.57 bits per heavy atom. The Kier molecular flexibility index (Phi) is 3.77. The van der Waals surface area contributed by atoms with E-state index in [9.17, 15) is 5.11 Å². The van der Waals surface area contributed by atoms with Crippen molar-refractivity contribution in [2.45, 2.75) is 19.4 Å². The molecule has 0 heterocycles. The van der Waals surface area contributed by atoms with E-state index in [4.69, 9.17) is 10.5 Å². The molecule has 78 valence electrons. The van der Waals surface area contributed by atoms with Crippen molar-refractivity contribution in [3.05, 3.63) is 22.2 Å². The summed E-state index contributed by atoms with van der Waals surface area (Å²) in [6.45, 7) is 1.94. The van der Waals surface area contributed by atoms with Crippen LogP contribution in [0.2, 0.25) is 0 Å². The zero-order chi connectivity index (χ0) is 10.7. The van der Waals surface area contributed by atoms with Gasteiger partial charge in [-0.05, 0) is 47.0 Å². The van der Waals surface area contributed by atoms with Crippen molar-refractivity contribution in [1.82, 2.24) is 0 Å². The van der Waals surface area contributed by atoms with Gasteiger partial charge in [0.05, 0.1) is 11.6 Å². The molecule has 3 N–H and O–H groups in total. The summed E-state index contributed by atoms with van der Waals surface area (Å²) in [5.41, 5.74) is 6.73. The fourth-order valence-corrected chi connectivity index (χ4v) is 1.76. The number of rotatable bonds is 3. The fourth-order valence-electron chi connectivity index (χ4n) is 1.27. The van der Waals surface area contributed by atoms with Gasteiger partial charge >= 0.3 is 0 Å². The first kappa shape index (κ1) is 11.3. The molecule has 0 radical (unpaired) electrons.